The Labute approximate surface area is 373 Å². The number of primary amides is 1. The molecule has 4 aromatic rings. The number of nitrogens with zero attached hydrogens (tertiary/aromatic N) is 9. The van der Waals surface area contributed by atoms with Crippen molar-refractivity contribution in [2.45, 2.75) is 51.7 Å². The van der Waals surface area contributed by atoms with E-state index in [1.807, 2.05) is 11.0 Å². The van der Waals surface area contributed by atoms with Crippen molar-refractivity contribution in [3.05, 3.63) is 84.7 Å². The average Bonchev–Trinajstić information content (AvgIpc) is 3.86. The van der Waals surface area contributed by atoms with Crippen LogP contribution in [0.1, 0.15) is 39.5 Å². The Hall–Kier alpha value is -7.22. The molecule has 4 amide bonds. The van der Waals surface area contributed by atoms with Crippen LogP contribution in [-0.4, -0.2) is 109 Å². The first-order valence-electron chi connectivity index (χ1n) is 20.2. The molecule has 0 aliphatic carbocycles. The molecule has 21 heteroatoms. The van der Waals surface area contributed by atoms with Crippen LogP contribution in [0.2, 0.25) is 0 Å². The number of nitrogens with two attached hydrogens (primary N) is 1. The minimum Gasteiger partial charge on any atom is -0.444 e. The molecule has 2 saturated heterocycles. The monoisotopic (exact) mass is 901 g/mol. The maximum Gasteiger partial charge on any atom is 0.414 e. The number of urea groups is 1. The number of anilines is 4. The van der Waals surface area contributed by atoms with Crippen LogP contribution in [-0.2, 0) is 19.1 Å². The zero-order chi connectivity index (χ0) is 44.6. The third-order valence-electron chi connectivity index (χ3n) is 10.5. The number of ketones is 2. The van der Waals surface area contributed by atoms with Gasteiger partial charge in [0, 0.05) is 60.6 Å². The fourth-order valence-corrected chi connectivity index (χ4v) is 7.10. The van der Waals surface area contributed by atoms with Crippen LogP contribution in [0.15, 0.2) is 83.3 Å². The zero-order valence-corrected chi connectivity index (χ0v) is 35.7. The van der Waals surface area contributed by atoms with Crippen LogP contribution in [0.25, 0.3) is 22.3 Å². The molecule has 2 aromatic carbocycles. The second-order valence-electron chi connectivity index (χ2n) is 15.1. The first-order valence-corrected chi connectivity index (χ1v) is 20.2. The first kappa shape index (κ1) is 46.3. The standard InChI is InChI=1S/C22H23FN6O4.C21H22FN5O3.ClH/c1-14(30)2-5-17-12-28(22(32)33-17)16-4-6-18(19(23)10-16)15-3-7-20(25-11-15)27-8-9-29(21(24)31)26-13-27;1-14(28)2-5-17-12-27(21(29)30-17)16-4-6-18(19(22)10-16)15-3-7-20(23-11-15)26-9-8-24-25-13-26;/h3-4,6-7,10-11,13,17H,2,5,8-9,12H2,1H3,(H2,24,31);3-4,6-7,10-11,13,17,24H,2,5,8-9,12H2,1H3;1H/t2*17-;/m00./s1. The van der Waals surface area contributed by atoms with Crippen LogP contribution < -0.4 is 30.8 Å². The lowest BCUT2D eigenvalue weighted by molar-refractivity contribution is -0.118. The number of cyclic esters (lactones) is 2. The maximum absolute atomic E-state index is 14.9. The van der Waals surface area contributed by atoms with E-state index in [1.54, 1.807) is 66.1 Å². The van der Waals surface area contributed by atoms with Gasteiger partial charge in [0.1, 0.15) is 59.7 Å². The van der Waals surface area contributed by atoms with Gasteiger partial charge in [-0.15, -0.1) is 12.4 Å². The third-order valence-corrected chi connectivity index (χ3v) is 10.5. The van der Waals surface area contributed by atoms with Gasteiger partial charge in [-0.2, -0.15) is 10.2 Å². The number of hydrogen-bond donors (Lipinski definition) is 2. The number of rotatable bonds is 12. The van der Waals surface area contributed by atoms with E-state index in [4.69, 9.17) is 15.2 Å². The highest BCUT2D eigenvalue weighted by atomic mass is 35.5. The molecule has 6 heterocycles. The fraction of sp³-hybridized carbons (Fsp3) is 0.326. The summed E-state index contributed by atoms with van der Waals surface area (Å²) in [5.41, 5.74) is 10.8. The topological polar surface area (TPSA) is 209 Å². The van der Waals surface area contributed by atoms with Crippen LogP contribution in [0.5, 0.6) is 0 Å². The lowest BCUT2D eigenvalue weighted by Crippen LogP contribution is -2.43. The van der Waals surface area contributed by atoms with Crippen molar-refractivity contribution < 1.29 is 42.2 Å². The summed E-state index contributed by atoms with van der Waals surface area (Å²) in [6.45, 7) is 5.84. The normalized spacial score (nSPS) is 17.8. The number of carbonyl (C=O) groups is 5. The van der Waals surface area contributed by atoms with E-state index in [2.05, 4.69) is 25.6 Å². The van der Waals surface area contributed by atoms with Gasteiger partial charge in [0.05, 0.1) is 37.6 Å². The number of nitrogens with one attached hydrogen (secondary N) is 1. The molecule has 8 rings (SSSR count). The van der Waals surface area contributed by atoms with Crippen LogP contribution in [0, 0.1) is 11.6 Å². The molecular formula is C43H46ClF2N11O7. The molecule has 2 fully saturated rings. The van der Waals surface area contributed by atoms with Crippen molar-refractivity contribution in [3.63, 3.8) is 0 Å². The molecular weight excluding hydrogens is 856 g/mol. The van der Waals surface area contributed by atoms with E-state index in [9.17, 15) is 32.8 Å². The number of carbonyl (C=O) groups excluding carboxylic acids is 5. The summed E-state index contributed by atoms with van der Waals surface area (Å²) >= 11 is 0. The number of halogens is 3. The SMILES string of the molecule is CC(=O)CC[C@H]1CN(c2ccc(-c3ccc(N4C=NN(C(N)=O)CC4)nc3)c(F)c2)C(=O)O1.CC(=O)CC[C@H]1CN(c2ccc(-c3ccc(N4C=NNCC4)nc3)c(F)c2)C(=O)O1.Cl. The van der Waals surface area contributed by atoms with Gasteiger partial charge in [0.15, 0.2) is 0 Å². The second-order valence-corrected chi connectivity index (χ2v) is 15.1. The summed E-state index contributed by atoms with van der Waals surface area (Å²) in [5, 5.41) is 9.12. The Morgan fingerprint density at radius 1 is 0.719 bits per heavy atom. The molecule has 0 radical (unpaired) electrons. The van der Waals surface area contributed by atoms with E-state index in [0.29, 0.717) is 84.8 Å². The zero-order valence-electron chi connectivity index (χ0n) is 34.9. The van der Waals surface area contributed by atoms with Gasteiger partial charge in [-0.25, -0.2) is 38.1 Å². The molecule has 4 aliphatic rings. The number of hydrogen-bond acceptors (Lipinski definition) is 14. The number of pyridine rings is 2. The minimum absolute atomic E-state index is 0. The first-order chi connectivity index (χ1) is 30.3. The number of ether oxygens (including phenoxy) is 2. The van der Waals surface area contributed by atoms with Crippen molar-refractivity contribution in [2.24, 2.45) is 15.9 Å². The van der Waals surface area contributed by atoms with Gasteiger partial charge in [0.25, 0.3) is 0 Å². The highest BCUT2D eigenvalue weighted by Crippen LogP contribution is 2.32. The molecule has 4 aliphatic heterocycles. The predicted molar refractivity (Wildman–Crippen MR) is 238 cm³/mol. The third kappa shape index (κ3) is 11.2. The molecule has 3 N–H and O–H groups in total. The quantitative estimate of drug-likeness (QED) is 0.166. The second kappa shape index (κ2) is 20.8. The lowest BCUT2D eigenvalue weighted by atomic mass is 10.1. The number of Topliss-reactive ketones (excluding diaryl/α,β-unsaturated/α-hetero) is 2. The smallest absolute Gasteiger partial charge is 0.414 e. The van der Waals surface area contributed by atoms with Crippen molar-refractivity contribution in [1.29, 1.82) is 0 Å². The highest BCUT2D eigenvalue weighted by molar-refractivity contribution is 5.91. The number of benzene rings is 2. The van der Waals surface area contributed by atoms with Crippen molar-refractivity contribution in [1.82, 2.24) is 20.4 Å². The van der Waals surface area contributed by atoms with Gasteiger partial charge in [-0.05, 0) is 87.4 Å². The summed E-state index contributed by atoms with van der Waals surface area (Å²) in [5.74, 6) is 0.449. The summed E-state index contributed by atoms with van der Waals surface area (Å²) in [6.07, 6.45) is 6.03. The molecule has 64 heavy (non-hydrogen) atoms. The Morgan fingerprint density at radius 3 is 1.59 bits per heavy atom. The van der Waals surface area contributed by atoms with Crippen molar-refractivity contribution >= 4 is 77.9 Å². The lowest BCUT2D eigenvalue weighted by Gasteiger charge is -2.26. The molecule has 336 valence electrons. The van der Waals surface area contributed by atoms with Crippen LogP contribution in [0.4, 0.5) is 46.2 Å². The molecule has 0 saturated carbocycles. The summed E-state index contributed by atoms with van der Waals surface area (Å²) in [7, 11) is 0. The van der Waals surface area contributed by atoms with E-state index in [0.717, 1.165) is 23.9 Å². The number of amides is 4. The number of hydrazone groups is 2. The molecule has 0 unspecified atom stereocenters. The van der Waals surface area contributed by atoms with E-state index in [-0.39, 0.29) is 36.6 Å². The molecule has 2 aromatic heterocycles. The predicted octanol–water partition coefficient (Wildman–Crippen LogP) is 6.08. The summed E-state index contributed by atoms with van der Waals surface area (Å²) in [4.78, 5) is 73.0. The Morgan fingerprint density at radius 2 is 1.22 bits per heavy atom. The molecule has 18 nitrogen and oxygen atoms in total. The fourth-order valence-electron chi connectivity index (χ4n) is 7.10. The molecule has 0 bridgehead atoms. The largest absolute Gasteiger partial charge is 0.444 e. The minimum atomic E-state index is -0.623. The van der Waals surface area contributed by atoms with Gasteiger partial charge in [-0.3, -0.25) is 9.80 Å². The Kier molecular flexibility index (Phi) is 15.0. The van der Waals surface area contributed by atoms with E-state index < -0.39 is 36.0 Å². The summed E-state index contributed by atoms with van der Waals surface area (Å²) in [6, 6.07) is 15.6. The van der Waals surface area contributed by atoms with Gasteiger partial charge >= 0.3 is 18.2 Å². The van der Waals surface area contributed by atoms with Gasteiger partial charge < -0.3 is 40.0 Å². The molecule has 2 atom stereocenters. The maximum atomic E-state index is 14.9. The van der Waals surface area contributed by atoms with Crippen LogP contribution in [0.3, 0.4) is 0 Å². The summed E-state index contributed by atoms with van der Waals surface area (Å²) < 4.78 is 40.3. The Balaban J connectivity index is 0.000000210. The van der Waals surface area contributed by atoms with E-state index in [1.165, 1.54) is 42.1 Å². The number of aromatic nitrogens is 2. The van der Waals surface area contributed by atoms with Crippen molar-refractivity contribution in [3.8, 4) is 22.3 Å². The Bertz CT molecular complexity index is 2430. The van der Waals surface area contributed by atoms with E-state index >= 15 is 0 Å². The van der Waals surface area contributed by atoms with Gasteiger partial charge in [0.2, 0.25) is 0 Å². The van der Waals surface area contributed by atoms with Crippen LogP contribution >= 0.6 is 12.4 Å². The average molecular weight is 902 g/mol. The van der Waals surface area contributed by atoms with Gasteiger partial charge in [-0.1, -0.05) is 0 Å². The highest BCUT2D eigenvalue weighted by Gasteiger charge is 2.34. The molecule has 0 spiro atoms. The van der Waals surface area contributed by atoms with Crippen molar-refractivity contribution in [2.75, 3.05) is 58.9 Å².